The lowest BCUT2D eigenvalue weighted by Crippen LogP contribution is -2.45. The molecule has 0 aliphatic heterocycles. The number of imide groups is 1. The van der Waals surface area contributed by atoms with E-state index in [0.717, 1.165) is 27.9 Å². The molecule has 0 spiro atoms. The monoisotopic (exact) mass is 511 g/mol. The molecule has 3 amide bonds. The Kier molecular flexibility index (Phi) is 6.54. The van der Waals surface area contributed by atoms with Gasteiger partial charge in [-0.25, -0.2) is 24.1 Å². The van der Waals surface area contributed by atoms with Crippen molar-refractivity contribution in [2.45, 2.75) is 39.3 Å². The number of benzene rings is 1. The van der Waals surface area contributed by atoms with Gasteiger partial charge in [0.05, 0.1) is 29.0 Å². The van der Waals surface area contributed by atoms with Gasteiger partial charge in [0.1, 0.15) is 11.6 Å². The average Bonchev–Trinajstić information content (AvgIpc) is 3.56. The fraction of sp³-hybridized carbons (Fsp3) is 0.250. The van der Waals surface area contributed by atoms with Gasteiger partial charge in [0, 0.05) is 26.2 Å². The summed E-state index contributed by atoms with van der Waals surface area (Å²) in [5.41, 5.74) is 5.05. The smallest absolute Gasteiger partial charge is 0.335 e. The van der Waals surface area contributed by atoms with Gasteiger partial charge < -0.3 is 9.88 Å². The second-order valence-corrected chi connectivity index (χ2v) is 9.35. The van der Waals surface area contributed by atoms with Crippen LogP contribution in [-0.2, 0) is 24.2 Å². The molecular weight excluding hydrogens is 482 g/mol. The third kappa shape index (κ3) is 4.45. The number of allylic oxidation sites excluding steroid dienone is 1. The van der Waals surface area contributed by atoms with E-state index in [9.17, 15) is 14.4 Å². The summed E-state index contributed by atoms with van der Waals surface area (Å²) in [6, 6.07) is 9.08. The number of aromatic amines is 1. The number of pyridine rings is 1. The standard InChI is InChI=1S/C28H29N7O3/c1-5-9-24-23(6-2)35(26-10-7-8-11-29-26)28(38)34(24)16-25-31-21-14-18-12-20(13-19(18)15-22(21)32-25)33(4)27(37)30-17(3)36/h5-11,14-15,20H,2,12-13,16H2,1,3-4H3,(H,31,32)(H,30,36,37)/b9-5-. The van der Waals surface area contributed by atoms with Crippen LogP contribution in [0.2, 0.25) is 0 Å². The molecule has 10 nitrogen and oxygen atoms in total. The van der Waals surface area contributed by atoms with Gasteiger partial charge >= 0.3 is 11.7 Å². The van der Waals surface area contributed by atoms with Gasteiger partial charge in [-0.15, -0.1) is 0 Å². The van der Waals surface area contributed by atoms with Crippen molar-refractivity contribution in [1.82, 2.24) is 34.3 Å². The first kappa shape index (κ1) is 24.9. The van der Waals surface area contributed by atoms with E-state index in [1.54, 1.807) is 45.5 Å². The summed E-state index contributed by atoms with van der Waals surface area (Å²) < 4.78 is 3.22. The average molecular weight is 512 g/mol. The number of urea groups is 1. The molecule has 1 atom stereocenters. The summed E-state index contributed by atoms with van der Waals surface area (Å²) >= 11 is 0. The Morgan fingerprint density at radius 1 is 1.24 bits per heavy atom. The molecule has 0 saturated heterocycles. The van der Waals surface area contributed by atoms with Crippen molar-refractivity contribution in [2.24, 2.45) is 0 Å². The van der Waals surface area contributed by atoms with Crippen LogP contribution < -0.4 is 11.0 Å². The number of aromatic nitrogens is 5. The molecule has 38 heavy (non-hydrogen) atoms. The molecule has 0 fully saturated rings. The van der Waals surface area contributed by atoms with Crippen LogP contribution in [0.1, 0.15) is 42.2 Å². The Bertz CT molecular complexity index is 1600. The van der Waals surface area contributed by atoms with Crippen LogP contribution in [0, 0.1) is 0 Å². The fourth-order valence-corrected chi connectivity index (χ4v) is 5.03. The van der Waals surface area contributed by atoms with Crippen LogP contribution in [0.25, 0.3) is 29.0 Å². The molecule has 1 aliphatic carbocycles. The van der Waals surface area contributed by atoms with Crippen LogP contribution in [0.3, 0.4) is 0 Å². The second-order valence-electron chi connectivity index (χ2n) is 9.35. The zero-order valence-corrected chi connectivity index (χ0v) is 21.6. The summed E-state index contributed by atoms with van der Waals surface area (Å²) in [7, 11) is 1.70. The fourth-order valence-electron chi connectivity index (χ4n) is 5.03. The van der Waals surface area contributed by atoms with Gasteiger partial charge in [0.2, 0.25) is 5.91 Å². The lowest BCUT2D eigenvalue weighted by Gasteiger charge is -2.23. The Morgan fingerprint density at radius 3 is 2.66 bits per heavy atom. The van der Waals surface area contributed by atoms with Crippen molar-refractivity contribution in [3.63, 3.8) is 0 Å². The summed E-state index contributed by atoms with van der Waals surface area (Å²) in [5, 5.41) is 2.33. The number of nitrogens with one attached hydrogen (secondary N) is 2. The highest BCUT2D eigenvalue weighted by molar-refractivity contribution is 5.93. The topological polar surface area (TPSA) is 118 Å². The summed E-state index contributed by atoms with van der Waals surface area (Å²) in [6.07, 6.45) is 8.44. The number of likely N-dealkylation sites (N-methyl/N-ethyl adjacent to an activating group) is 1. The molecule has 3 aromatic heterocycles. The Morgan fingerprint density at radius 2 is 2.00 bits per heavy atom. The number of hydrogen-bond donors (Lipinski definition) is 2. The lowest BCUT2D eigenvalue weighted by molar-refractivity contribution is -0.118. The maximum Gasteiger partial charge on any atom is 0.335 e. The highest BCUT2D eigenvalue weighted by Gasteiger charge is 2.29. The van der Waals surface area contributed by atoms with Crippen LogP contribution in [0.5, 0.6) is 0 Å². The van der Waals surface area contributed by atoms with Gasteiger partial charge in [-0.2, -0.15) is 0 Å². The minimum absolute atomic E-state index is 0.0408. The number of hydrogen-bond acceptors (Lipinski definition) is 5. The van der Waals surface area contributed by atoms with Crippen molar-refractivity contribution in [2.75, 3.05) is 7.05 Å². The van der Waals surface area contributed by atoms with Crippen molar-refractivity contribution >= 4 is 35.1 Å². The maximum atomic E-state index is 13.6. The normalized spacial score (nSPS) is 13.2. The van der Waals surface area contributed by atoms with Gasteiger partial charge in [0.25, 0.3) is 0 Å². The van der Waals surface area contributed by atoms with Crippen LogP contribution >= 0.6 is 0 Å². The van der Waals surface area contributed by atoms with Gasteiger partial charge in [-0.3, -0.25) is 14.7 Å². The molecule has 5 rings (SSSR count). The molecule has 10 heteroatoms. The van der Waals surface area contributed by atoms with Crippen LogP contribution in [0.15, 0.2) is 54.0 Å². The number of H-pyrrole nitrogens is 1. The SMILES string of the molecule is C=Cc1c(/C=C\C)n(Cc2nc3cc4c(cc3[nH]2)CC(N(C)C(=O)NC(C)=O)C4)c(=O)n1-c1ccccn1. The molecule has 1 unspecified atom stereocenters. The van der Waals surface area contributed by atoms with Crippen molar-refractivity contribution < 1.29 is 9.59 Å². The first-order valence-corrected chi connectivity index (χ1v) is 12.4. The van der Waals surface area contributed by atoms with E-state index >= 15 is 0 Å². The predicted octanol–water partition coefficient (Wildman–Crippen LogP) is 3.29. The minimum atomic E-state index is -0.403. The number of carbonyl (C=O) groups is 2. The third-order valence-electron chi connectivity index (χ3n) is 6.83. The molecule has 2 N–H and O–H groups in total. The largest absolute Gasteiger partial charge is 0.340 e. The van der Waals surface area contributed by atoms with Crippen LogP contribution in [-0.4, -0.2) is 54.0 Å². The van der Waals surface area contributed by atoms with E-state index in [-0.39, 0.29) is 24.2 Å². The Labute approximate surface area is 219 Å². The molecule has 3 heterocycles. The zero-order chi connectivity index (χ0) is 27.0. The van der Waals surface area contributed by atoms with Gasteiger partial charge in [-0.1, -0.05) is 18.7 Å². The highest BCUT2D eigenvalue weighted by Crippen LogP contribution is 2.29. The van der Waals surface area contributed by atoms with E-state index in [0.29, 0.717) is 30.2 Å². The number of rotatable bonds is 6. The first-order chi connectivity index (χ1) is 18.3. The van der Waals surface area contributed by atoms with Gasteiger partial charge in [-0.05, 0) is 67.3 Å². The van der Waals surface area contributed by atoms with E-state index in [1.165, 1.54) is 6.92 Å². The summed E-state index contributed by atoms with van der Waals surface area (Å²) in [4.78, 5) is 51.2. The molecular formula is C28H29N7O3. The quantitative estimate of drug-likeness (QED) is 0.412. The molecule has 4 aromatic rings. The van der Waals surface area contributed by atoms with Crippen molar-refractivity contribution in [3.05, 3.63) is 88.0 Å². The highest BCUT2D eigenvalue weighted by atomic mass is 16.2. The number of nitrogens with zero attached hydrogens (tertiary/aromatic N) is 5. The third-order valence-corrected chi connectivity index (χ3v) is 6.83. The van der Waals surface area contributed by atoms with Crippen molar-refractivity contribution in [1.29, 1.82) is 0 Å². The van der Waals surface area contributed by atoms with E-state index in [4.69, 9.17) is 4.98 Å². The molecule has 0 bridgehead atoms. The predicted molar refractivity (Wildman–Crippen MR) is 146 cm³/mol. The first-order valence-electron chi connectivity index (χ1n) is 12.4. The maximum absolute atomic E-state index is 13.6. The summed E-state index contributed by atoms with van der Waals surface area (Å²) in [6.45, 7) is 7.40. The number of fused-ring (bicyclic) bond motifs is 2. The Balaban J connectivity index is 1.46. The number of carbonyl (C=O) groups excluding carboxylic acids is 2. The lowest BCUT2D eigenvalue weighted by atomic mass is 10.1. The van der Waals surface area contributed by atoms with Gasteiger partial charge in [0.15, 0.2) is 0 Å². The summed E-state index contributed by atoms with van der Waals surface area (Å²) in [5.74, 6) is 0.795. The molecule has 1 aliphatic rings. The number of imidazole rings is 2. The molecule has 194 valence electrons. The molecule has 0 radical (unpaired) electrons. The molecule has 0 saturated carbocycles. The molecule has 1 aromatic carbocycles. The second kappa shape index (κ2) is 9.97. The van der Waals surface area contributed by atoms with Crippen LogP contribution in [0.4, 0.5) is 4.79 Å². The van der Waals surface area contributed by atoms with Crippen molar-refractivity contribution in [3.8, 4) is 5.82 Å². The minimum Gasteiger partial charge on any atom is -0.340 e. The zero-order valence-electron chi connectivity index (χ0n) is 21.6. The van der Waals surface area contributed by atoms with E-state index in [1.807, 2.05) is 31.2 Å². The van der Waals surface area contributed by atoms with E-state index < -0.39 is 6.03 Å². The Hall–Kier alpha value is -4.73. The number of amides is 3. The van der Waals surface area contributed by atoms with E-state index in [2.05, 4.69) is 27.9 Å².